The fourth-order valence-electron chi connectivity index (χ4n) is 2.98. The fourth-order valence-corrected chi connectivity index (χ4v) is 4.06. The number of aryl methyl sites for hydroxylation is 1. The molecule has 0 radical (unpaired) electrons. The van der Waals surface area contributed by atoms with Crippen molar-refractivity contribution in [1.82, 2.24) is 4.90 Å². The monoisotopic (exact) mass is 428 g/mol. The number of nitrogens with one attached hydrogen (secondary N) is 2. The molecule has 3 rings (SSSR count). The number of anilines is 2. The van der Waals surface area contributed by atoms with Crippen molar-refractivity contribution in [2.45, 2.75) is 6.92 Å². The standard InChI is InChI=1S/C21H21ClN4O2S/c1-14-2-3-15(21(28)26-6-8-29-9-7-26)10-18(14)24-13-20(27)25-19-11-17(22)5-4-16(19)12-23/h2-5,10-11,24H,6-9,13H2,1H3,(H,25,27). The van der Waals surface area contributed by atoms with Crippen LogP contribution in [-0.4, -0.2) is 47.9 Å². The van der Waals surface area contributed by atoms with Gasteiger partial charge in [0.05, 0.1) is 17.8 Å². The molecule has 0 unspecified atom stereocenters. The summed E-state index contributed by atoms with van der Waals surface area (Å²) in [6, 6.07) is 12.2. The summed E-state index contributed by atoms with van der Waals surface area (Å²) in [7, 11) is 0. The van der Waals surface area contributed by atoms with E-state index in [9.17, 15) is 9.59 Å². The zero-order valence-electron chi connectivity index (χ0n) is 16.0. The number of nitrogens with zero attached hydrogens (tertiary/aromatic N) is 2. The lowest BCUT2D eigenvalue weighted by Gasteiger charge is -2.26. The molecule has 0 spiro atoms. The molecule has 1 saturated heterocycles. The maximum absolute atomic E-state index is 12.7. The number of carbonyl (C=O) groups is 2. The second-order valence-corrected chi connectivity index (χ2v) is 8.30. The molecule has 2 aromatic rings. The number of hydrogen-bond donors (Lipinski definition) is 2. The smallest absolute Gasteiger partial charge is 0.253 e. The highest BCUT2D eigenvalue weighted by atomic mass is 35.5. The normalized spacial score (nSPS) is 13.5. The van der Waals surface area contributed by atoms with Crippen LogP contribution in [0, 0.1) is 18.3 Å². The number of nitriles is 1. The van der Waals surface area contributed by atoms with Gasteiger partial charge in [-0.05, 0) is 42.8 Å². The second kappa shape index (κ2) is 9.68. The van der Waals surface area contributed by atoms with E-state index in [0.717, 1.165) is 35.8 Å². The first kappa shape index (κ1) is 21.0. The van der Waals surface area contributed by atoms with Gasteiger partial charge in [0, 0.05) is 40.9 Å². The number of benzene rings is 2. The van der Waals surface area contributed by atoms with Gasteiger partial charge in [-0.2, -0.15) is 17.0 Å². The first-order valence-electron chi connectivity index (χ1n) is 9.19. The molecule has 0 atom stereocenters. The number of halogens is 1. The first-order chi connectivity index (χ1) is 14.0. The maximum atomic E-state index is 12.7. The van der Waals surface area contributed by atoms with Gasteiger partial charge in [0.15, 0.2) is 0 Å². The summed E-state index contributed by atoms with van der Waals surface area (Å²) in [6.07, 6.45) is 0. The molecule has 29 heavy (non-hydrogen) atoms. The number of amides is 2. The van der Waals surface area contributed by atoms with E-state index >= 15 is 0 Å². The van der Waals surface area contributed by atoms with E-state index in [0.29, 0.717) is 21.8 Å². The molecule has 150 valence electrons. The molecule has 2 amide bonds. The Labute approximate surface area is 179 Å². The fraction of sp³-hybridized carbons (Fsp3) is 0.286. The number of hydrogen-bond acceptors (Lipinski definition) is 5. The molecule has 0 bridgehead atoms. The molecule has 0 aromatic heterocycles. The minimum absolute atomic E-state index is 0.00375. The quantitative estimate of drug-likeness (QED) is 0.757. The van der Waals surface area contributed by atoms with E-state index in [1.807, 2.05) is 41.8 Å². The van der Waals surface area contributed by atoms with Crippen molar-refractivity contribution in [1.29, 1.82) is 5.26 Å². The van der Waals surface area contributed by atoms with Gasteiger partial charge in [-0.3, -0.25) is 9.59 Å². The van der Waals surface area contributed by atoms with Crippen LogP contribution in [0.5, 0.6) is 0 Å². The van der Waals surface area contributed by atoms with E-state index in [1.165, 1.54) is 0 Å². The lowest BCUT2D eigenvalue weighted by Crippen LogP contribution is -2.37. The lowest BCUT2D eigenvalue weighted by molar-refractivity contribution is -0.114. The molecule has 1 fully saturated rings. The summed E-state index contributed by atoms with van der Waals surface area (Å²) in [4.78, 5) is 26.9. The molecule has 2 aromatic carbocycles. The Morgan fingerprint density at radius 1 is 1.17 bits per heavy atom. The SMILES string of the molecule is Cc1ccc(C(=O)N2CCSCC2)cc1NCC(=O)Nc1cc(Cl)ccc1C#N. The largest absolute Gasteiger partial charge is 0.376 e. The third-order valence-corrected chi connectivity index (χ3v) is 5.78. The van der Waals surface area contributed by atoms with Gasteiger partial charge in [-0.15, -0.1) is 0 Å². The summed E-state index contributed by atoms with van der Waals surface area (Å²) >= 11 is 7.80. The molecule has 0 aliphatic carbocycles. The van der Waals surface area contributed by atoms with Crippen LogP contribution in [0.25, 0.3) is 0 Å². The highest BCUT2D eigenvalue weighted by molar-refractivity contribution is 7.99. The van der Waals surface area contributed by atoms with Crippen LogP contribution in [0.3, 0.4) is 0 Å². The third-order valence-electron chi connectivity index (χ3n) is 4.60. The molecule has 0 saturated carbocycles. The average molecular weight is 429 g/mol. The average Bonchev–Trinajstić information content (AvgIpc) is 2.73. The Kier molecular flexibility index (Phi) is 7.02. The van der Waals surface area contributed by atoms with Crippen LogP contribution in [-0.2, 0) is 4.79 Å². The van der Waals surface area contributed by atoms with Gasteiger partial charge >= 0.3 is 0 Å². The van der Waals surface area contributed by atoms with Crippen LogP contribution >= 0.6 is 23.4 Å². The van der Waals surface area contributed by atoms with Crippen molar-refractivity contribution in [3.63, 3.8) is 0 Å². The van der Waals surface area contributed by atoms with Crippen molar-refractivity contribution in [2.24, 2.45) is 0 Å². The minimum Gasteiger partial charge on any atom is -0.376 e. The zero-order valence-corrected chi connectivity index (χ0v) is 17.6. The van der Waals surface area contributed by atoms with Gasteiger partial charge in [0.2, 0.25) is 5.91 Å². The van der Waals surface area contributed by atoms with Crippen molar-refractivity contribution in [3.05, 3.63) is 58.1 Å². The predicted molar refractivity (Wildman–Crippen MR) is 118 cm³/mol. The summed E-state index contributed by atoms with van der Waals surface area (Å²) in [6.45, 7) is 3.42. The summed E-state index contributed by atoms with van der Waals surface area (Å²) < 4.78 is 0. The molecule has 1 aliphatic heterocycles. The molecular weight excluding hydrogens is 408 g/mol. The van der Waals surface area contributed by atoms with Crippen molar-refractivity contribution < 1.29 is 9.59 Å². The molecule has 1 heterocycles. The number of rotatable bonds is 5. The highest BCUT2D eigenvalue weighted by Crippen LogP contribution is 2.22. The van der Waals surface area contributed by atoms with Gasteiger partial charge in [0.1, 0.15) is 6.07 Å². The van der Waals surface area contributed by atoms with E-state index in [-0.39, 0.29) is 18.4 Å². The molecular formula is C21H21ClN4O2S. The summed E-state index contributed by atoms with van der Waals surface area (Å²) in [5.74, 6) is 1.61. The number of thioether (sulfide) groups is 1. The van der Waals surface area contributed by atoms with Crippen LogP contribution in [0.1, 0.15) is 21.5 Å². The van der Waals surface area contributed by atoms with Gasteiger partial charge in [-0.1, -0.05) is 17.7 Å². The van der Waals surface area contributed by atoms with Gasteiger partial charge in [0.25, 0.3) is 5.91 Å². The summed E-state index contributed by atoms with van der Waals surface area (Å²) in [5, 5.41) is 15.4. The van der Waals surface area contributed by atoms with Crippen molar-refractivity contribution in [2.75, 3.05) is 41.8 Å². The van der Waals surface area contributed by atoms with Crippen LogP contribution in [0.4, 0.5) is 11.4 Å². The van der Waals surface area contributed by atoms with Crippen molar-refractivity contribution in [3.8, 4) is 6.07 Å². The van der Waals surface area contributed by atoms with Crippen LogP contribution in [0.15, 0.2) is 36.4 Å². The minimum atomic E-state index is -0.312. The Hall–Kier alpha value is -2.69. The first-order valence-corrected chi connectivity index (χ1v) is 10.7. The predicted octanol–water partition coefficient (Wildman–Crippen LogP) is 3.76. The second-order valence-electron chi connectivity index (χ2n) is 6.64. The third kappa shape index (κ3) is 5.43. The highest BCUT2D eigenvalue weighted by Gasteiger charge is 2.19. The van der Waals surface area contributed by atoms with Crippen LogP contribution in [0.2, 0.25) is 5.02 Å². The van der Waals surface area contributed by atoms with E-state index < -0.39 is 0 Å². The van der Waals surface area contributed by atoms with Crippen LogP contribution < -0.4 is 10.6 Å². The Morgan fingerprint density at radius 3 is 2.66 bits per heavy atom. The molecule has 2 N–H and O–H groups in total. The lowest BCUT2D eigenvalue weighted by atomic mass is 10.1. The Balaban J connectivity index is 1.66. The van der Waals surface area contributed by atoms with Gasteiger partial charge in [-0.25, -0.2) is 0 Å². The topological polar surface area (TPSA) is 85.2 Å². The van der Waals surface area contributed by atoms with E-state index in [2.05, 4.69) is 10.6 Å². The maximum Gasteiger partial charge on any atom is 0.253 e. The Morgan fingerprint density at radius 2 is 1.93 bits per heavy atom. The Bertz CT molecular complexity index is 968. The van der Waals surface area contributed by atoms with Gasteiger partial charge < -0.3 is 15.5 Å². The number of carbonyl (C=O) groups excluding carboxylic acids is 2. The molecule has 6 nitrogen and oxygen atoms in total. The van der Waals surface area contributed by atoms with E-state index in [1.54, 1.807) is 24.3 Å². The summed E-state index contributed by atoms with van der Waals surface area (Å²) in [5.41, 5.74) is 2.97. The van der Waals surface area contributed by atoms with E-state index in [4.69, 9.17) is 16.9 Å². The van der Waals surface area contributed by atoms with Crippen molar-refractivity contribution >= 4 is 46.6 Å². The molecule has 8 heteroatoms. The molecule has 1 aliphatic rings. The zero-order chi connectivity index (χ0) is 20.8.